The maximum absolute atomic E-state index is 11.7. The lowest BCUT2D eigenvalue weighted by Crippen LogP contribution is -2.22. The summed E-state index contributed by atoms with van der Waals surface area (Å²) in [5, 5.41) is 11.1. The number of alkyl halides is 3. The summed E-state index contributed by atoms with van der Waals surface area (Å²) in [5.74, 6) is -0.203. The van der Waals surface area contributed by atoms with Crippen molar-refractivity contribution < 1.29 is 23.1 Å². The van der Waals surface area contributed by atoms with Crippen LogP contribution in [0.2, 0.25) is 0 Å². The van der Waals surface area contributed by atoms with E-state index in [-0.39, 0.29) is 18.2 Å². The van der Waals surface area contributed by atoms with Crippen LogP contribution in [-0.4, -0.2) is 33.6 Å². The van der Waals surface area contributed by atoms with Crippen LogP contribution in [0.15, 0.2) is 17.5 Å². The fourth-order valence-electron chi connectivity index (χ4n) is 1.03. The summed E-state index contributed by atoms with van der Waals surface area (Å²) in [6.07, 6.45) is -1.95. The second-order valence-electron chi connectivity index (χ2n) is 2.72. The fourth-order valence-corrected chi connectivity index (χ4v) is 1.03. The second kappa shape index (κ2) is 4.84. The van der Waals surface area contributed by atoms with Crippen molar-refractivity contribution in [2.24, 2.45) is 10.9 Å². The SMILES string of the molecule is NC(=NO)c1nccn1CCOC(F)(F)F. The Bertz CT molecular complexity index is 374. The first kappa shape index (κ1) is 12.3. The van der Waals surface area contributed by atoms with Crippen molar-refractivity contribution in [1.29, 1.82) is 0 Å². The number of amidine groups is 1. The Morgan fingerprint density at radius 3 is 2.88 bits per heavy atom. The van der Waals surface area contributed by atoms with Gasteiger partial charge in [0.1, 0.15) is 0 Å². The molecule has 16 heavy (non-hydrogen) atoms. The van der Waals surface area contributed by atoms with Gasteiger partial charge in [-0.05, 0) is 0 Å². The number of oxime groups is 1. The highest BCUT2D eigenvalue weighted by Gasteiger charge is 2.28. The Kier molecular flexibility index (Phi) is 3.72. The molecule has 1 rings (SSSR count). The zero-order valence-electron chi connectivity index (χ0n) is 7.98. The van der Waals surface area contributed by atoms with E-state index in [0.29, 0.717) is 0 Å². The van der Waals surface area contributed by atoms with Crippen LogP contribution >= 0.6 is 0 Å². The van der Waals surface area contributed by atoms with E-state index in [0.717, 1.165) is 0 Å². The number of ether oxygens (including phenoxy) is 1. The van der Waals surface area contributed by atoms with E-state index in [2.05, 4.69) is 14.9 Å². The third kappa shape index (κ3) is 3.42. The highest BCUT2D eigenvalue weighted by atomic mass is 19.4. The molecule has 0 radical (unpaired) electrons. The Labute approximate surface area is 88.1 Å². The van der Waals surface area contributed by atoms with Crippen LogP contribution in [0.5, 0.6) is 0 Å². The largest absolute Gasteiger partial charge is 0.522 e. The van der Waals surface area contributed by atoms with Crippen molar-refractivity contribution >= 4 is 5.84 Å². The van der Waals surface area contributed by atoms with Crippen molar-refractivity contribution in [1.82, 2.24) is 9.55 Å². The molecule has 0 saturated carbocycles. The van der Waals surface area contributed by atoms with Gasteiger partial charge in [0.05, 0.1) is 6.61 Å². The van der Waals surface area contributed by atoms with E-state index in [1.165, 1.54) is 17.0 Å². The van der Waals surface area contributed by atoms with E-state index in [9.17, 15) is 13.2 Å². The third-order valence-electron chi connectivity index (χ3n) is 1.65. The van der Waals surface area contributed by atoms with Crippen LogP contribution in [0.25, 0.3) is 0 Å². The number of imidazole rings is 1. The number of aromatic nitrogens is 2. The smallest absolute Gasteiger partial charge is 0.409 e. The number of hydrogen-bond donors (Lipinski definition) is 2. The van der Waals surface area contributed by atoms with Gasteiger partial charge in [0.2, 0.25) is 5.84 Å². The van der Waals surface area contributed by atoms with Gasteiger partial charge in [-0.3, -0.25) is 4.74 Å². The molecule has 90 valence electrons. The molecule has 0 aliphatic carbocycles. The van der Waals surface area contributed by atoms with E-state index in [4.69, 9.17) is 10.9 Å². The van der Waals surface area contributed by atoms with Gasteiger partial charge in [-0.15, -0.1) is 13.2 Å². The maximum Gasteiger partial charge on any atom is 0.522 e. The first-order valence-electron chi connectivity index (χ1n) is 4.14. The van der Waals surface area contributed by atoms with Gasteiger partial charge in [-0.2, -0.15) is 0 Å². The number of nitrogens with zero attached hydrogens (tertiary/aromatic N) is 3. The molecular formula is C7H9F3N4O2. The molecule has 0 aliphatic heterocycles. The minimum Gasteiger partial charge on any atom is -0.409 e. The standard InChI is InChI=1S/C7H9F3N4O2/c8-7(9,10)16-4-3-14-2-1-12-6(14)5(11)13-15/h1-2,15H,3-4H2,(H2,11,13). The van der Waals surface area contributed by atoms with Gasteiger partial charge in [0, 0.05) is 18.9 Å². The molecule has 0 amide bonds. The summed E-state index contributed by atoms with van der Waals surface area (Å²) in [7, 11) is 0. The van der Waals surface area contributed by atoms with Gasteiger partial charge in [-0.25, -0.2) is 4.98 Å². The molecule has 0 fully saturated rings. The van der Waals surface area contributed by atoms with Crippen LogP contribution in [0, 0.1) is 0 Å². The van der Waals surface area contributed by atoms with Gasteiger partial charge in [0.25, 0.3) is 0 Å². The van der Waals surface area contributed by atoms with Gasteiger partial charge < -0.3 is 15.5 Å². The molecule has 0 bridgehead atoms. The average molecular weight is 238 g/mol. The van der Waals surface area contributed by atoms with Crippen LogP contribution in [0.4, 0.5) is 13.2 Å². The van der Waals surface area contributed by atoms with Crippen molar-refractivity contribution in [3.05, 3.63) is 18.2 Å². The van der Waals surface area contributed by atoms with Crippen LogP contribution in [-0.2, 0) is 11.3 Å². The van der Waals surface area contributed by atoms with Crippen molar-refractivity contribution in [2.45, 2.75) is 12.9 Å². The van der Waals surface area contributed by atoms with Crippen molar-refractivity contribution in [2.75, 3.05) is 6.61 Å². The molecule has 1 heterocycles. The molecule has 0 unspecified atom stereocenters. The minimum absolute atomic E-state index is 0.0771. The number of hydrogen-bond acceptors (Lipinski definition) is 4. The molecule has 3 N–H and O–H groups in total. The van der Waals surface area contributed by atoms with E-state index < -0.39 is 13.0 Å². The molecule has 0 saturated heterocycles. The number of rotatable bonds is 4. The summed E-state index contributed by atoms with van der Waals surface area (Å²) in [5.41, 5.74) is 5.25. The Morgan fingerprint density at radius 2 is 2.31 bits per heavy atom. The predicted molar refractivity (Wildman–Crippen MR) is 46.7 cm³/mol. The monoisotopic (exact) mass is 238 g/mol. The molecule has 0 spiro atoms. The van der Waals surface area contributed by atoms with Gasteiger partial charge >= 0.3 is 6.36 Å². The molecule has 0 atom stereocenters. The third-order valence-corrected chi connectivity index (χ3v) is 1.65. The highest BCUT2D eigenvalue weighted by molar-refractivity contribution is 5.93. The summed E-state index contributed by atoms with van der Waals surface area (Å²) < 4.78 is 39.9. The Balaban J connectivity index is 2.58. The molecule has 9 heteroatoms. The van der Waals surface area contributed by atoms with E-state index in [1.807, 2.05) is 0 Å². The summed E-state index contributed by atoms with van der Waals surface area (Å²) in [6, 6.07) is 0. The van der Waals surface area contributed by atoms with E-state index in [1.54, 1.807) is 0 Å². The molecule has 6 nitrogen and oxygen atoms in total. The molecule has 0 aliphatic rings. The highest BCUT2D eigenvalue weighted by Crippen LogP contribution is 2.15. The van der Waals surface area contributed by atoms with Gasteiger partial charge in [0.15, 0.2) is 5.82 Å². The van der Waals surface area contributed by atoms with Crippen LogP contribution in [0.3, 0.4) is 0 Å². The van der Waals surface area contributed by atoms with Crippen molar-refractivity contribution in [3.63, 3.8) is 0 Å². The summed E-state index contributed by atoms with van der Waals surface area (Å²) in [4.78, 5) is 3.71. The molecule has 1 aromatic heterocycles. The summed E-state index contributed by atoms with van der Waals surface area (Å²) in [6.45, 7) is -0.684. The maximum atomic E-state index is 11.7. The predicted octanol–water partition coefficient (Wildman–Crippen LogP) is 0.514. The molecule has 0 aromatic carbocycles. The summed E-state index contributed by atoms with van der Waals surface area (Å²) >= 11 is 0. The topological polar surface area (TPSA) is 85.7 Å². The van der Waals surface area contributed by atoms with E-state index >= 15 is 0 Å². The lowest BCUT2D eigenvalue weighted by atomic mass is 10.5. The lowest BCUT2D eigenvalue weighted by Gasteiger charge is -2.09. The lowest BCUT2D eigenvalue weighted by molar-refractivity contribution is -0.325. The second-order valence-corrected chi connectivity index (χ2v) is 2.72. The normalized spacial score (nSPS) is 13.1. The Hall–Kier alpha value is -1.77. The zero-order chi connectivity index (χ0) is 12.2. The number of nitrogens with two attached hydrogens (primary N) is 1. The Morgan fingerprint density at radius 1 is 1.62 bits per heavy atom. The first-order chi connectivity index (χ1) is 7.44. The average Bonchev–Trinajstić information content (AvgIpc) is 2.63. The van der Waals surface area contributed by atoms with Gasteiger partial charge in [-0.1, -0.05) is 5.16 Å². The van der Waals surface area contributed by atoms with Crippen molar-refractivity contribution in [3.8, 4) is 0 Å². The van der Waals surface area contributed by atoms with Crippen LogP contribution in [0.1, 0.15) is 5.82 Å². The zero-order valence-corrected chi connectivity index (χ0v) is 7.98. The molecule has 1 aromatic rings. The fraction of sp³-hybridized carbons (Fsp3) is 0.429. The van der Waals surface area contributed by atoms with Crippen LogP contribution < -0.4 is 5.73 Å². The minimum atomic E-state index is -4.67. The molecular weight excluding hydrogens is 229 g/mol. The quantitative estimate of drug-likeness (QED) is 0.346. The number of halogens is 3. The first-order valence-corrected chi connectivity index (χ1v) is 4.14.